The maximum atomic E-state index is 14.1. The first-order chi connectivity index (χ1) is 17.4. The van der Waals surface area contributed by atoms with Crippen LogP contribution in [0.5, 0.6) is 0 Å². The Balaban J connectivity index is 1.32. The van der Waals surface area contributed by atoms with Crippen molar-refractivity contribution in [1.82, 2.24) is 14.7 Å². The predicted molar refractivity (Wildman–Crippen MR) is 150 cm³/mol. The standard InChI is InChI=1S/C31H46ClN3O2/c1-30(2,3)29(37)35(24-12-15-31(4,5)16-13-24)25-14-17-33(18-25)28(36)27-20-34(23-10-11-23)19-26(27)21-6-8-22(32)9-7-21/h6-9,23-27H,10-20H2,1-5H3/t25-,26-,27+/m0/s1. The lowest BCUT2D eigenvalue weighted by Crippen LogP contribution is -2.54. The first-order valence-corrected chi connectivity index (χ1v) is 14.9. The van der Waals surface area contributed by atoms with Crippen LogP contribution in [-0.2, 0) is 9.59 Å². The Kier molecular flexibility index (Phi) is 7.43. The zero-order valence-corrected chi connectivity index (χ0v) is 24.3. The van der Waals surface area contributed by atoms with Gasteiger partial charge in [-0.15, -0.1) is 0 Å². The maximum Gasteiger partial charge on any atom is 0.228 e. The van der Waals surface area contributed by atoms with Crippen molar-refractivity contribution in [3.05, 3.63) is 34.9 Å². The SMILES string of the molecule is CC1(C)CCC(N(C(=O)C(C)(C)C)[C@H]2CCN(C(=O)[C@@H]3CN(C4CC4)C[C@H]3c3ccc(Cl)cc3)C2)CC1. The van der Waals surface area contributed by atoms with E-state index in [1.54, 1.807) is 0 Å². The Labute approximate surface area is 228 Å². The molecule has 0 unspecified atom stereocenters. The second-order valence-corrected chi connectivity index (χ2v) is 14.5. The fourth-order valence-electron chi connectivity index (χ4n) is 6.95. The van der Waals surface area contributed by atoms with Gasteiger partial charge in [0.25, 0.3) is 0 Å². The maximum absolute atomic E-state index is 14.1. The van der Waals surface area contributed by atoms with Gasteiger partial charge in [0.2, 0.25) is 11.8 Å². The van der Waals surface area contributed by atoms with Crippen LogP contribution in [0.15, 0.2) is 24.3 Å². The van der Waals surface area contributed by atoms with E-state index in [0.29, 0.717) is 24.0 Å². The molecule has 4 aliphatic rings. The topological polar surface area (TPSA) is 43.9 Å². The number of halogens is 1. The Morgan fingerprint density at radius 1 is 0.919 bits per heavy atom. The molecule has 2 amide bonds. The number of rotatable bonds is 5. The van der Waals surface area contributed by atoms with Crippen molar-refractivity contribution in [1.29, 1.82) is 0 Å². The Morgan fingerprint density at radius 2 is 1.57 bits per heavy atom. The average molecular weight is 528 g/mol. The van der Waals surface area contributed by atoms with Gasteiger partial charge in [-0.3, -0.25) is 14.5 Å². The van der Waals surface area contributed by atoms with Gasteiger partial charge in [-0.1, -0.05) is 58.4 Å². The second kappa shape index (κ2) is 10.2. The Bertz CT molecular complexity index is 987. The van der Waals surface area contributed by atoms with Crippen molar-refractivity contribution >= 4 is 23.4 Å². The van der Waals surface area contributed by atoms with E-state index in [4.69, 9.17) is 11.6 Å². The third-order valence-electron chi connectivity index (χ3n) is 9.47. The minimum atomic E-state index is -0.416. The molecule has 204 valence electrons. The van der Waals surface area contributed by atoms with Crippen molar-refractivity contribution in [2.75, 3.05) is 26.2 Å². The van der Waals surface area contributed by atoms with Gasteiger partial charge in [-0.2, -0.15) is 0 Å². The summed E-state index contributed by atoms with van der Waals surface area (Å²) in [5.41, 5.74) is 1.16. The molecule has 0 aromatic heterocycles. The van der Waals surface area contributed by atoms with Gasteiger partial charge in [0.15, 0.2) is 0 Å². The van der Waals surface area contributed by atoms with E-state index in [1.807, 2.05) is 32.9 Å². The van der Waals surface area contributed by atoms with Gasteiger partial charge in [0, 0.05) is 54.6 Å². The number of carbonyl (C=O) groups is 2. The molecule has 1 aromatic rings. The van der Waals surface area contributed by atoms with Crippen LogP contribution >= 0.6 is 11.6 Å². The number of carbonyl (C=O) groups excluding carboxylic acids is 2. The first kappa shape index (κ1) is 27.0. The molecule has 1 aromatic carbocycles. The molecular weight excluding hydrogens is 482 g/mol. The lowest BCUT2D eigenvalue weighted by Gasteiger charge is -2.45. The van der Waals surface area contributed by atoms with Crippen LogP contribution in [0.3, 0.4) is 0 Å². The van der Waals surface area contributed by atoms with Gasteiger partial charge < -0.3 is 9.80 Å². The summed E-state index contributed by atoms with van der Waals surface area (Å²) in [6.45, 7) is 14.0. The molecule has 5 nitrogen and oxygen atoms in total. The lowest BCUT2D eigenvalue weighted by atomic mass is 9.74. The van der Waals surface area contributed by atoms with Crippen molar-refractivity contribution in [3.63, 3.8) is 0 Å². The molecule has 3 atom stereocenters. The molecule has 0 spiro atoms. The third-order valence-corrected chi connectivity index (χ3v) is 9.73. The molecule has 0 radical (unpaired) electrons. The molecule has 5 rings (SSSR count). The quantitative estimate of drug-likeness (QED) is 0.474. The molecule has 2 aliphatic heterocycles. The largest absolute Gasteiger partial charge is 0.340 e. The van der Waals surface area contributed by atoms with Gasteiger partial charge in [-0.05, 0) is 68.1 Å². The average Bonchev–Trinajstić information content (AvgIpc) is 3.41. The van der Waals surface area contributed by atoms with Gasteiger partial charge in [0.1, 0.15) is 0 Å². The van der Waals surface area contributed by atoms with Crippen molar-refractivity contribution in [2.24, 2.45) is 16.7 Å². The Morgan fingerprint density at radius 3 is 2.16 bits per heavy atom. The molecule has 0 N–H and O–H groups in total. The van der Waals surface area contributed by atoms with Gasteiger partial charge >= 0.3 is 0 Å². The van der Waals surface area contributed by atoms with Crippen LogP contribution < -0.4 is 0 Å². The van der Waals surface area contributed by atoms with E-state index >= 15 is 0 Å². The summed E-state index contributed by atoms with van der Waals surface area (Å²) in [6, 6.07) is 9.16. The normalized spacial score (nSPS) is 29.0. The summed E-state index contributed by atoms with van der Waals surface area (Å²) in [7, 11) is 0. The van der Waals surface area contributed by atoms with Crippen molar-refractivity contribution in [2.45, 2.75) is 104 Å². The van der Waals surface area contributed by atoms with Crippen LogP contribution in [0.1, 0.15) is 91.0 Å². The zero-order chi connectivity index (χ0) is 26.5. The predicted octanol–water partition coefficient (Wildman–Crippen LogP) is 5.96. The molecule has 4 fully saturated rings. The van der Waals surface area contributed by atoms with Crippen LogP contribution in [0.2, 0.25) is 5.02 Å². The molecule has 2 aliphatic carbocycles. The van der Waals surface area contributed by atoms with E-state index in [2.05, 4.69) is 40.7 Å². The monoisotopic (exact) mass is 527 g/mol. The van der Waals surface area contributed by atoms with Crippen LogP contribution in [-0.4, -0.2) is 70.8 Å². The molecular formula is C31H46ClN3O2. The summed E-state index contributed by atoms with van der Waals surface area (Å²) < 4.78 is 0. The summed E-state index contributed by atoms with van der Waals surface area (Å²) in [5.74, 6) is 0.704. The highest BCUT2D eigenvalue weighted by molar-refractivity contribution is 6.30. The number of benzene rings is 1. The number of hydrogen-bond donors (Lipinski definition) is 0. The number of hydrogen-bond acceptors (Lipinski definition) is 3. The van der Waals surface area contributed by atoms with E-state index in [-0.39, 0.29) is 29.7 Å². The molecule has 2 saturated carbocycles. The van der Waals surface area contributed by atoms with E-state index in [9.17, 15) is 9.59 Å². The minimum absolute atomic E-state index is 0.0252. The number of amides is 2. The fourth-order valence-corrected chi connectivity index (χ4v) is 7.08. The van der Waals surface area contributed by atoms with Gasteiger partial charge in [0.05, 0.1) is 12.0 Å². The van der Waals surface area contributed by atoms with Crippen molar-refractivity contribution in [3.8, 4) is 0 Å². The zero-order valence-electron chi connectivity index (χ0n) is 23.5. The van der Waals surface area contributed by atoms with E-state index < -0.39 is 5.41 Å². The molecule has 2 heterocycles. The summed E-state index contributed by atoms with van der Waals surface area (Å²) in [6.07, 6.45) is 7.84. The summed E-state index contributed by atoms with van der Waals surface area (Å²) in [5, 5.41) is 0.737. The van der Waals surface area contributed by atoms with Crippen molar-refractivity contribution < 1.29 is 9.59 Å². The smallest absolute Gasteiger partial charge is 0.228 e. The van der Waals surface area contributed by atoms with Crippen LogP contribution in [0.4, 0.5) is 0 Å². The number of nitrogens with zero attached hydrogens (tertiary/aromatic N) is 3. The minimum Gasteiger partial charge on any atom is -0.340 e. The van der Waals surface area contributed by atoms with Crippen LogP contribution in [0.25, 0.3) is 0 Å². The molecule has 2 saturated heterocycles. The molecule has 6 heteroatoms. The highest BCUT2D eigenvalue weighted by Crippen LogP contribution is 2.42. The summed E-state index contributed by atoms with van der Waals surface area (Å²) in [4.78, 5) is 34.6. The van der Waals surface area contributed by atoms with Gasteiger partial charge in [-0.25, -0.2) is 0 Å². The lowest BCUT2D eigenvalue weighted by molar-refractivity contribution is -0.146. The fraction of sp³-hybridized carbons (Fsp3) is 0.742. The third kappa shape index (κ3) is 5.88. The second-order valence-electron chi connectivity index (χ2n) is 14.0. The van der Waals surface area contributed by atoms with Crippen LogP contribution in [0, 0.1) is 16.7 Å². The summed E-state index contributed by atoms with van der Waals surface area (Å²) >= 11 is 6.18. The molecule has 37 heavy (non-hydrogen) atoms. The highest BCUT2D eigenvalue weighted by atomic mass is 35.5. The first-order valence-electron chi connectivity index (χ1n) is 14.5. The molecule has 0 bridgehead atoms. The van der Waals surface area contributed by atoms with E-state index in [1.165, 1.54) is 18.4 Å². The highest BCUT2D eigenvalue weighted by Gasteiger charge is 2.47. The van der Waals surface area contributed by atoms with E-state index in [0.717, 1.165) is 56.8 Å². The Hall–Kier alpha value is -1.59. The number of likely N-dealkylation sites (tertiary alicyclic amines) is 2.